The van der Waals surface area contributed by atoms with E-state index in [0.29, 0.717) is 6.04 Å². The first-order chi connectivity index (χ1) is 10.1. The van der Waals surface area contributed by atoms with Crippen molar-refractivity contribution in [3.63, 3.8) is 0 Å². The number of rotatable bonds is 7. The maximum absolute atomic E-state index is 4.46. The molecule has 0 bridgehead atoms. The summed E-state index contributed by atoms with van der Waals surface area (Å²) in [7, 11) is 2.09. The Morgan fingerprint density at radius 2 is 1.81 bits per heavy atom. The first kappa shape index (κ1) is 15.4. The van der Waals surface area contributed by atoms with E-state index in [1.54, 1.807) is 0 Å². The fraction of sp³-hybridized carbons (Fsp3) is 0.412. The maximum atomic E-state index is 4.46. The van der Waals surface area contributed by atoms with Crippen molar-refractivity contribution in [2.45, 2.75) is 32.9 Å². The SMILES string of the molecule is CC(C)NCc1ccnc(N(C)CCc2ccncc2)c1. The van der Waals surface area contributed by atoms with Crippen LogP contribution in [0.5, 0.6) is 0 Å². The Morgan fingerprint density at radius 3 is 2.52 bits per heavy atom. The fourth-order valence-electron chi connectivity index (χ4n) is 2.06. The molecule has 0 spiro atoms. The summed E-state index contributed by atoms with van der Waals surface area (Å²) in [5.41, 5.74) is 2.57. The van der Waals surface area contributed by atoms with E-state index in [4.69, 9.17) is 0 Å². The lowest BCUT2D eigenvalue weighted by Crippen LogP contribution is -2.23. The van der Waals surface area contributed by atoms with Gasteiger partial charge < -0.3 is 10.2 Å². The second-order valence-corrected chi connectivity index (χ2v) is 5.58. The summed E-state index contributed by atoms with van der Waals surface area (Å²) in [6.45, 7) is 6.13. The summed E-state index contributed by atoms with van der Waals surface area (Å²) in [6.07, 6.45) is 6.56. The van der Waals surface area contributed by atoms with Gasteiger partial charge in [-0.2, -0.15) is 0 Å². The van der Waals surface area contributed by atoms with Gasteiger partial charge in [-0.1, -0.05) is 13.8 Å². The smallest absolute Gasteiger partial charge is 0.128 e. The van der Waals surface area contributed by atoms with E-state index in [2.05, 4.69) is 65.3 Å². The van der Waals surface area contributed by atoms with Gasteiger partial charge in [-0.25, -0.2) is 4.98 Å². The number of nitrogens with zero attached hydrogens (tertiary/aromatic N) is 3. The number of aromatic nitrogens is 2. The first-order valence-corrected chi connectivity index (χ1v) is 7.43. The molecule has 21 heavy (non-hydrogen) atoms. The largest absolute Gasteiger partial charge is 0.359 e. The summed E-state index contributed by atoms with van der Waals surface area (Å²) in [5.74, 6) is 1.02. The molecule has 2 aromatic rings. The van der Waals surface area contributed by atoms with Gasteiger partial charge in [-0.05, 0) is 41.8 Å². The van der Waals surface area contributed by atoms with Gasteiger partial charge in [-0.3, -0.25) is 4.98 Å². The summed E-state index contributed by atoms with van der Waals surface area (Å²) in [4.78, 5) is 10.7. The van der Waals surface area contributed by atoms with Gasteiger partial charge in [0.2, 0.25) is 0 Å². The summed E-state index contributed by atoms with van der Waals surface area (Å²) < 4.78 is 0. The molecule has 2 aromatic heterocycles. The van der Waals surface area contributed by atoms with Gasteiger partial charge in [0.05, 0.1) is 0 Å². The molecule has 0 aliphatic heterocycles. The molecule has 4 nitrogen and oxygen atoms in total. The molecule has 0 aliphatic carbocycles. The molecule has 112 valence electrons. The molecule has 0 aliphatic rings. The molecule has 0 saturated heterocycles. The molecular weight excluding hydrogens is 260 g/mol. The van der Waals surface area contributed by atoms with Crippen LogP contribution >= 0.6 is 0 Å². The highest BCUT2D eigenvalue weighted by Gasteiger charge is 2.04. The highest BCUT2D eigenvalue weighted by atomic mass is 15.2. The van der Waals surface area contributed by atoms with E-state index in [9.17, 15) is 0 Å². The molecule has 0 amide bonds. The van der Waals surface area contributed by atoms with Crippen LogP contribution in [0.3, 0.4) is 0 Å². The van der Waals surface area contributed by atoms with Crippen LogP contribution in [0.25, 0.3) is 0 Å². The third kappa shape index (κ3) is 5.16. The molecule has 0 aromatic carbocycles. The Kier molecular flexibility index (Phi) is 5.69. The van der Waals surface area contributed by atoms with E-state index in [0.717, 1.165) is 25.3 Å². The zero-order valence-electron chi connectivity index (χ0n) is 13.1. The average Bonchev–Trinajstić information content (AvgIpc) is 2.52. The van der Waals surface area contributed by atoms with E-state index in [1.165, 1.54) is 11.1 Å². The topological polar surface area (TPSA) is 41.1 Å². The van der Waals surface area contributed by atoms with Crippen molar-refractivity contribution in [2.24, 2.45) is 0 Å². The monoisotopic (exact) mass is 284 g/mol. The summed E-state index contributed by atoms with van der Waals surface area (Å²) >= 11 is 0. The predicted molar refractivity (Wildman–Crippen MR) is 87.4 cm³/mol. The van der Waals surface area contributed by atoms with Crippen LogP contribution in [0.1, 0.15) is 25.0 Å². The van der Waals surface area contributed by atoms with Crippen molar-refractivity contribution in [3.05, 3.63) is 54.0 Å². The number of nitrogens with one attached hydrogen (secondary N) is 1. The number of hydrogen-bond acceptors (Lipinski definition) is 4. The van der Waals surface area contributed by atoms with Crippen LogP contribution in [0.2, 0.25) is 0 Å². The standard InChI is InChI=1S/C17H24N4/c1-14(2)20-13-16-6-10-19-17(12-16)21(3)11-7-15-4-8-18-9-5-15/h4-6,8-10,12,14,20H,7,11,13H2,1-3H3. The number of anilines is 1. The first-order valence-electron chi connectivity index (χ1n) is 7.43. The Morgan fingerprint density at radius 1 is 1.10 bits per heavy atom. The van der Waals surface area contributed by atoms with Crippen LogP contribution < -0.4 is 10.2 Å². The van der Waals surface area contributed by atoms with Crippen molar-refractivity contribution in [1.82, 2.24) is 15.3 Å². The molecule has 2 heterocycles. The predicted octanol–water partition coefficient (Wildman–Crippen LogP) is 2.65. The molecule has 1 N–H and O–H groups in total. The minimum atomic E-state index is 0.492. The Hall–Kier alpha value is -1.94. The van der Waals surface area contributed by atoms with E-state index in [1.807, 2.05) is 18.6 Å². The zero-order chi connectivity index (χ0) is 15.1. The van der Waals surface area contributed by atoms with E-state index < -0.39 is 0 Å². The van der Waals surface area contributed by atoms with Crippen LogP contribution in [-0.4, -0.2) is 29.6 Å². The lowest BCUT2D eigenvalue weighted by molar-refractivity contribution is 0.588. The highest BCUT2D eigenvalue weighted by Crippen LogP contribution is 2.12. The van der Waals surface area contributed by atoms with Crippen molar-refractivity contribution >= 4 is 5.82 Å². The van der Waals surface area contributed by atoms with Gasteiger partial charge in [-0.15, -0.1) is 0 Å². The van der Waals surface area contributed by atoms with Gasteiger partial charge >= 0.3 is 0 Å². The lowest BCUT2D eigenvalue weighted by atomic mass is 10.2. The van der Waals surface area contributed by atoms with Crippen LogP contribution in [0.15, 0.2) is 42.9 Å². The quantitative estimate of drug-likeness (QED) is 0.848. The minimum Gasteiger partial charge on any atom is -0.359 e. The molecular formula is C17H24N4. The van der Waals surface area contributed by atoms with Crippen molar-refractivity contribution in [3.8, 4) is 0 Å². The van der Waals surface area contributed by atoms with E-state index in [-0.39, 0.29) is 0 Å². The average molecular weight is 284 g/mol. The molecule has 0 saturated carbocycles. The van der Waals surface area contributed by atoms with Crippen molar-refractivity contribution < 1.29 is 0 Å². The Bertz CT molecular complexity index is 539. The second kappa shape index (κ2) is 7.74. The summed E-state index contributed by atoms with van der Waals surface area (Å²) in [6, 6.07) is 8.83. The molecule has 2 rings (SSSR count). The fourth-order valence-corrected chi connectivity index (χ4v) is 2.06. The second-order valence-electron chi connectivity index (χ2n) is 5.58. The van der Waals surface area contributed by atoms with Gasteiger partial charge in [0.25, 0.3) is 0 Å². The van der Waals surface area contributed by atoms with Crippen LogP contribution in [0.4, 0.5) is 5.82 Å². The molecule has 0 atom stereocenters. The Labute approximate surface area is 127 Å². The molecule has 0 unspecified atom stereocenters. The number of hydrogen-bond donors (Lipinski definition) is 1. The maximum Gasteiger partial charge on any atom is 0.128 e. The van der Waals surface area contributed by atoms with E-state index >= 15 is 0 Å². The van der Waals surface area contributed by atoms with Crippen molar-refractivity contribution in [2.75, 3.05) is 18.5 Å². The molecule has 0 fully saturated rings. The normalized spacial score (nSPS) is 10.9. The highest BCUT2D eigenvalue weighted by molar-refractivity contribution is 5.40. The van der Waals surface area contributed by atoms with Gasteiger partial charge in [0, 0.05) is 44.8 Å². The number of pyridine rings is 2. The third-order valence-electron chi connectivity index (χ3n) is 3.40. The Balaban J connectivity index is 1.92. The summed E-state index contributed by atoms with van der Waals surface area (Å²) in [5, 5.41) is 3.43. The van der Waals surface area contributed by atoms with Crippen LogP contribution in [0, 0.1) is 0 Å². The van der Waals surface area contributed by atoms with Gasteiger partial charge in [0.15, 0.2) is 0 Å². The number of likely N-dealkylation sites (N-methyl/N-ethyl adjacent to an activating group) is 1. The minimum absolute atomic E-state index is 0.492. The zero-order valence-corrected chi connectivity index (χ0v) is 13.1. The molecule has 4 heteroatoms. The third-order valence-corrected chi connectivity index (χ3v) is 3.40. The molecule has 0 radical (unpaired) electrons. The lowest BCUT2D eigenvalue weighted by Gasteiger charge is -2.19. The van der Waals surface area contributed by atoms with Crippen LogP contribution in [-0.2, 0) is 13.0 Å². The van der Waals surface area contributed by atoms with Crippen molar-refractivity contribution in [1.29, 1.82) is 0 Å². The van der Waals surface area contributed by atoms with Gasteiger partial charge in [0.1, 0.15) is 5.82 Å².